The zero-order chi connectivity index (χ0) is 20.6. The molecule has 145 valence electrons. The first kappa shape index (κ1) is 19.3. The minimum atomic E-state index is -0.384. The van der Waals surface area contributed by atoms with Gasteiger partial charge in [-0.3, -0.25) is 0 Å². The molecule has 0 amide bonds. The molecule has 4 aromatic rings. The topological polar surface area (TPSA) is 42.2 Å². The Balaban J connectivity index is 1.44. The Labute approximate surface area is 176 Å². The number of hydrogen-bond donors (Lipinski definition) is 0. The second-order valence-corrected chi connectivity index (χ2v) is 6.75. The maximum Gasteiger partial charge on any atom is 0.127 e. The molecule has 0 heterocycles. The van der Waals surface area contributed by atoms with Crippen molar-refractivity contribution in [1.82, 2.24) is 0 Å². The molecule has 3 heteroatoms. The van der Waals surface area contributed by atoms with Gasteiger partial charge in [-0.2, -0.15) is 5.26 Å². The number of para-hydroxylation sites is 2. The summed E-state index contributed by atoms with van der Waals surface area (Å²) >= 11 is 0. The van der Waals surface area contributed by atoms with Crippen LogP contribution in [0.25, 0.3) is 0 Å². The SMILES string of the molecule is N#CC([CH]c1ccc(Oc2ccccc2)cc1)c1cccc(Oc2ccccc2)c1. The van der Waals surface area contributed by atoms with Gasteiger partial charge in [-0.05, 0) is 59.7 Å². The van der Waals surface area contributed by atoms with Gasteiger partial charge in [-0.15, -0.1) is 0 Å². The highest BCUT2D eigenvalue weighted by Gasteiger charge is 2.13. The third kappa shape index (κ3) is 5.06. The Morgan fingerprint density at radius 1 is 0.600 bits per heavy atom. The van der Waals surface area contributed by atoms with Crippen molar-refractivity contribution in [3.63, 3.8) is 0 Å². The molecule has 0 spiro atoms. The van der Waals surface area contributed by atoms with Crippen molar-refractivity contribution in [2.75, 3.05) is 0 Å². The van der Waals surface area contributed by atoms with Crippen molar-refractivity contribution in [3.05, 3.63) is 127 Å². The largest absolute Gasteiger partial charge is 0.457 e. The van der Waals surface area contributed by atoms with E-state index in [1.54, 1.807) is 0 Å². The quantitative estimate of drug-likeness (QED) is 0.337. The van der Waals surface area contributed by atoms with Gasteiger partial charge in [0.1, 0.15) is 23.0 Å². The molecule has 0 aromatic heterocycles. The molecule has 0 bridgehead atoms. The van der Waals surface area contributed by atoms with Crippen LogP contribution in [0.15, 0.2) is 109 Å². The summed E-state index contributed by atoms with van der Waals surface area (Å²) in [5.74, 6) is 2.63. The van der Waals surface area contributed by atoms with E-state index in [-0.39, 0.29) is 5.92 Å². The van der Waals surface area contributed by atoms with Gasteiger partial charge >= 0.3 is 0 Å². The van der Waals surface area contributed by atoms with Crippen molar-refractivity contribution in [3.8, 4) is 29.1 Å². The van der Waals surface area contributed by atoms with Crippen LogP contribution in [-0.4, -0.2) is 0 Å². The lowest BCUT2D eigenvalue weighted by molar-refractivity contribution is 0.482. The first-order chi connectivity index (χ1) is 14.8. The minimum Gasteiger partial charge on any atom is -0.457 e. The van der Waals surface area contributed by atoms with Crippen LogP contribution in [0.1, 0.15) is 17.0 Å². The number of ether oxygens (including phenoxy) is 2. The molecule has 30 heavy (non-hydrogen) atoms. The van der Waals surface area contributed by atoms with Gasteiger partial charge in [0, 0.05) is 6.42 Å². The van der Waals surface area contributed by atoms with Gasteiger partial charge in [-0.25, -0.2) is 0 Å². The van der Waals surface area contributed by atoms with Crippen LogP contribution in [0.5, 0.6) is 23.0 Å². The van der Waals surface area contributed by atoms with E-state index in [1.165, 1.54) is 0 Å². The van der Waals surface area contributed by atoms with Crippen LogP contribution >= 0.6 is 0 Å². The van der Waals surface area contributed by atoms with E-state index in [4.69, 9.17) is 9.47 Å². The summed E-state index contributed by atoms with van der Waals surface area (Å²) in [5.41, 5.74) is 1.84. The van der Waals surface area contributed by atoms with Crippen molar-refractivity contribution in [1.29, 1.82) is 5.26 Å². The average molecular weight is 390 g/mol. The van der Waals surface area contributed by atoms with Crippen molar-refractivity contribution >= 4 is 0 Å². The summed E-state index contributed by atoms with van der Waals surface area (Å²) in [6, 6.07) is 37.0. The summed E-state index contributed by atoms with van der Waals surface area (Å²) in [6.07, 6.45) is 1.94. The molecule has 1 unspecified atom stereocenters. The smallest absolute Gasteiger partial charge is 0.127 e. The second-order valence-electron chi connectivity index (χ2n) is 6.75. The van der Waals surface area contributed by atoms with E-state index in [9.17, 15) is 5.26 Å². The fourth-order valence-electron chi connectivity index (χ4n) is 3.07. The van der Waals surface area contributed by atoms with Gasteiger partial charge < -0.3 is 9.47 Å². The van der Waals surface area contributed by atoms with Crippen LogP contribution in [-0.2, 0) is 0 Å². The van der Waals surface area contributed by atoms with Crippen LogP contribution in [0.4, 0.5) is 0 Å². The van der Waals surface area contributed by atoms with Gasteiger partial charge in [0.2, 0.25) is 0 Å². The molecule has 0 aliphatic carbocycles. The molecule has 1 atom stereocenters. The normalized spacial score (nSPS) is 11.3. The Bertz CT molecular complexity index is 1120. The Hall–Kier alpha value is -4.03. The summed E-state index contributed by atoms with van der Waals surface area (Å²) in [4.78, 5) is 0. The van der Waals surface area contributed by atoms with E-state index in [0.29, 0.717) is 5.75 Å². The van der Waals surface area contributed by atoms with Gasteiger partial charge in [0.15, 0.2) is 0 Å². The zero-order valence-electron chi connectivity index (χ0n) is 16.3. The summed E-state index contributed by atoms with van der Waals surface area (Å²) < 4.78 is 11.7. The molecule has 4 aromatic carbocycles. The maximum absolute atomic E-state index is 9.72. The number of nitrogens with zero attached hydrogens (tertiary/aromatic N) is 1. The predicted octanol–water partition coefficient (Wildman–Crippen LogP) is 7.13. The van der Waals surface area contributed by atoms with E-state index in [1.807, 2.05) is 116 Å². The first-order valence-corrected chi connectivity index (χ1v) is 9.70. The monoisotopic (exact) mass is 390 g/mol. The van der Waals surface area contributed by atoms with E-state index in [0.717, 1.165) is 28.4 Å². The third-order valence-corrected chi connectivity index (χ3v) is 4.55. The van der Waals surface area contributed by atoms with E-state index in [2.05, 4.69) is 6.07 Å². The Morgan fingerprint density at radius 3 is 1.73 bits per heavy atom. The highest BCUT2D eigenvalue weighted by atomic mass is 16.5. The van der Waals surface area contributed by atoms with Gasteiger partial charge in [0.25, 0.3) is 0 Å². The fourth-order valence-corrected chi connectivity index (χ4v) is 3.07. The van der Waals surface area contributed by atoms with Crippen LogP contribution in [0, 0.1) is 17.8 Å². The molecule has 0 fully saturated rings. The first-order valence-electron chi connectivity index (χ1n) is 9.70. The molecule has 3 nitrogen and oxygen atoms in total. The highest BCUT2D eigenvalue weighted by molar-refractivity contribution is 5.43. The number of nitriles is 1. The van der Waals surface area contributed by atoms with Crippen LogP contribution < -0.4 is 9.47 Å². The van der Waals surface area contributed by atoms with Crippen LogP contribution in [0.3, 0.4) is 0 Å². The molecule has 1 radical (unpaired) electrons. The van der Waals surface area contributed by atoms with Crippen LogP contribution in [0.2, 0.25) is 0 Å². The lowest BCUT2D eigenvalue weighted by Crippen LogP contribution is -1.99. The predicted molar refractivity (Wildman–Crippen MR) is 118 cm³/mol. The lowest BCUT2D eigenvalue weighted by Gasteiger charge is -2.12. The molecular weight excluding hydrogens is 370 g/mol. The summed E-state index contributed by atoms with van der Waals surface area (Å²) in [5, 5.41) is 9.72. The standard InChI is InChI=1S/C27H20NO2/c28-20-23(22-8-7-13-27(19-22)30-25-11-5-2-6-12-25)18-21-14-16-26(17-15-21)29-24-9-3-1-4-10-24/h1-19,23H. The van der Waals surface area contributed by atoms with Gasteiger partial charge in [0.05, 0.1) is 12.0 Å². The van der Waals surface area contributed by atoms with E-state index < -0.39 is 0 Å². The summed E-state index contributed by atoms with van der Waals surface area (Å²) in [7, 11) is 0. The molecule has 0 saturated carbocycles. The molecule has 0 N–H and O–H groups in total. The molecular formula is C27H20NO2. The number of benzene rings is 4. The fraction of sp³-hybridized carbons (Fsp3) is 0.0370. The maximum atomic E-state index is 9.72. The lowest BCUT2D eigenvalue weighted by atomic mass is 9.93. The molecule has 0 aliphatic rings. The van der Waals surface area contributed by atoms with Crippen molar-refractivity contribution in [2.45, 2.75) is 5.92 Å². The second kappa shape index (κ2) is 9.45. The zero-order valence-corrected chi connectivity index (χ0v) is 16.3. The Kier molecular flexibility index (Phi) is 6.08. The molecule has 0 saturated heterocycles. The number of rotatable bonds is 7. The highest BCUT2D eigenvalue weighted by Crippen LogP contribution is 2.29. The third-order valence-electron chi connectivity index (χ3n) is 4.55. The molecule has 0 aliphatic heterocycles. The minimum absolute atomic E-state index is 0.384. The number of hydrogen-bond acceptors (Lipinski definition) is 3. The Morgan fingerprint density at radius 2 is 1.13 bits per heavy atom. The molecule has 4 rings (SSSR count). The average Bonchev–Trinajstić information content (AvgIpc) is 2.80. The van der Waals surface area contributed by atoms with Crippen molar-refractivity contribution < 1.29 is 9.47 Å². The van der Waals surface area contributed by atoms with E-state index >= 15 is 0 Å². The van der Waals surface area contributed by atoms with Gasteiger partial charge in [-0.1, -0.05) is 60.7 Å². The van der Waals surface area contributed by atoms with Crippen molar-refractivity contribution in [2.24, 2.45) is 0 Å². The summed E-state index contributed by atoms with van der Waals surface area (Å²) in [6.45, 7) is 0.